The van der Waals surface area contributed by atoms with Gasteiger partial charge in [-0.25, -0.2) is 0 Å². The summed E-state index contributed by atoms with van der Waals surface area (Å²) in [7, 11) is -2.35. The number of aliphatic hydroxyl groups is 1. The standard InChI is InChI=1S/C21H34N2O4Si/c1-15-18(27-19(10-13-24)21(15)28(2,3)26)9-6-16-4-7-17(8-5-16)23-12-11-22-14-20(23)25/h4-5,7-8,15,18-19,21-22,24,26H,6,9-14H2,1-3H3/t15-,18+,19-,21+/m1/s1. The van der Waals surface area contributed by atoms with Gasteiger partial charge in [0.15, 0.2) is 8.32 Å². The average Bonchev–Trinajstić information content (AvgIpc) is 2.97. The lowest BCUT2D eigenvalue weighted by Gasteiger charge is -2.30. The van der Waals surface area contributed by atoms with Crippen molar-refractivity contribution >= 4 is 19.9 Å². The number of aliphatic hydroxyl groups excluding tert-OH is 1. The predicted molar refractivity (Wildman–Crippen MR) is 113 cm³/mol. The number of amides is 1. The maximum absolute atomic E-state index is 12.0. The van der Waals surface area contributed by atoms with Crippen LogP contribution in [0.3, 0.4) is 0 Å². The second-order valence-corrected chi connectivity index (χ2v) is 12.7. The first kappa shape index (κ1) is 21.5. The zero-order valence-corrected chi connectivity index (χ0v) is 18.2. The van der Waals surface area contributed by atoms with Gasteiger partial charge in [0.2, 0.25) is 5.91 Å². The van der Waals surface area contributed by atoms with Crippen LogP contribution in [-0.2, 0) is 16.0 Å². The number of nitrogens with one attached hydrogen (secondary N) is 1. The Balaban J connectivity index is 1.60. The number of ether oxygens (including phenoxy) is 1. The summed E-state index contributed by atoms with van der Waals surface area (Å²) in [5.74, 6) is 0.407. The van der Waals surface area contributed by atoms with E-state index < -0.39 is 8.32 Å². The highest BCUT2D eigenvalue weighted by atomic mass is 28.4. The number of benzene rings is 1. The van der Waals surface area contributed by atoms with Crippen LogP contribution in [0, 0.1) is 5.92 Å². The van der Waals surface area contributed by atoms with Gasteiger partial charge in [0.25, 0.3) is 0 Å². The Kier molecular flexibility index (Phi) is 6.93. The van der Waals surface area contributed by atoms with Gasteiger partial charge < -0.3 is 24.9 Å². The molecule has 2 fully saturated rings. The van der Waals surface area contributed by atoms with Gasteiger partial charge in [0.05, 0.1) is 18.8 Å². The van der Waals surface area contributed by atoms with Crippen LogP contribution in [0.25, 0.3) is 0 Å². The van der Waals surface area contributed by atoms with Gasteiger partial charge in [-0.2, -0.15) is 0 Å². The van der Waals surface area contributed by atoms with E-state index >= 15 is 0 Å². The fourth-order valence-corrected chi connectivity index (χ4v) is 7.49. The SMILES string of the molecule is C[C@H]1[C@H]([Si](C)(C)O)[C@@H](CCO)O[C@H]1CCc1ccc(N2CCNCC2=O)cc1. The van der Waals surface area contributed by atoms with Crippen LogP contribution in [0.15, 0.2) is 24.3 Å². The predicted octanol–water partition coefficient (Wildman–Crippen LogP) is 1.91. The number of carbonyl (C=O) groups is 1. The van der Waals surface area contributed by atoms with Gasteiger partial charge in [-0.3, -0.25) is 4.79 Å². The van der Waals surface area contributed by atoms with Crippen molar-refractivity contribution in [3.8, 4) is 0 Å². The van der Waals surface area contributed by atoms with E-state index in [4.69, 9.17) is 4.74 Å². The molecule has 0 saturated carbocycles. The average molecular weight is 407 g/mol. The van der Waals surface area contributed by atoms with Gasteiger partial charge in [0, 0.05) is 30.9 Å². The Hall–Kier alpha value is -1.25. The van der Waals surface area contributed by atoms with Crippen molar-refractivity contribution in [2.75, 3.05) is 31.1 Å². The Labute approximate surface area is 169 Å². The summed E-state index contributed by atoms with van der Waals surface area (Å²) >= 11 is 0. The lowest BCUT2D eigenvalue weighted by Crippen LogP contribution is -2.48. The first-order chi connectivity index (χ1) is 13.3. The van der Waals surface area contributed by atoms with Gasteiger partial charge in [-0.05, 0) is 56.0 Å². The van der Waals surface area contributed by atoms with E-state index in [9.17, 15) is 14.7 Å². The molecule has 3 N–H and O–H groups in total. The van der Waals surface area contributed by atoms with Crippen LogP contribution in [0.2, 0.25) is 18.6 Å². The maximum Gasteiger partial charge on any atom is 0.240 e. The van der Waals surface area contributed by atoms with Crippen molar-refractivity contribution in [2.45, 2.75) is 57.0 Å². The normalized spacial score (nSPS) is 28.8. The third-order valence-corrected chi connectivity index (χ3v) is 8.72. The van der Waals surface area contributed by atoms with Crippen molar-refractivity contribution in [3.05, 3.63) is 29.8 Å². The van der Waals surface area contributed by atoms with Crippen molar-refractivity contribution < 1.29 is 19.4 Å². The summed E-state index contributed by atoms with van der Waals surface area (Å²) in [5, 5.41) is 12.5. The Bertz CT molecular complexity index is 661. The molecule has 1 aromatic carbocycles. The van der Waals surface area contributed by atoms with E-state index in [2.05, 4.69) is 24.4 Å². The van der Waals surface area contributed by atoms with E-state index in [1.165, 1.54) is 5.56 Å². The van der Waals surface area contributed by atoms with Gasteiger partial charge >= 0.3 is 0 Å². The molecule has 2 aliphatic heterocycles. The number of hydrogen-bond acceptors (Lipinski definition) is 5. The summed E-state index contributed by atoms with van der Waals surface area (Å²) in [6, 6.07) is 8.24. The third-order valence-electron chi connectivity index (χ3n) is 6.19. The summed E-state index contributed by atoms with van der Waals surface area (Å²) < 4.78 is 6.26. The molecule has 0 aromatic heterocycles. The number of piperazine rings is 1. The number of hydrogen-bond donors (Lipinski definition) is 3. The van der Waals surface area contributed by atoms with E-state index in [1.807, 2.05) is 30.1 Å². The van der Waals surface area contributed by atoms with Crippen molar-refractivity contribution in [1.82, 2.24) is 5.32 Å². The van der Waals surface area contributed by atoms with Gasteiger partial charge in [-0.1, -0.05) is 19.1 Å². The number of nitrogens with zero attached hydrogens (tertiary/aromatic N) is 1. The highest BCUT2D eigenvalue weighted by Gasteiger charge is 2.49. The van der Waals surface area contributed by atoms with E-state index in [0.717, 1.165) is 25.1 Å². The Morgan fingerprint density at radius 3 is 2.54 bits per heavy atom. The van der Waals surface area contributed by atoms with Gasteiger partial charge in [0.1, 0.15) is 0 Å². The fraction of sp³-hybridized carbons (Fsp3) is 0.667. The Morgan fingerprint density at radius 1 is 1.21 bits per heavy atom. The number of rotatable bonds is 7. The first-order valence-electron chi connectivity index (χ1n) is 10.4. The molecule has 0 unspecified atom stereocenters. The van der Waals surface area contributed by atoms with E-state index in [0.29, 0.717) is 25.4 Å². The summed E-state index contributed by atoms with van der Waals surface area (Å²) in [6.45, 7) is 8.15. The molecule has 2 saturated heterocycles. The molecule has 28 heavy (non-hydrogen) atoms. The molecule has 0 aliphatic carbocycles. The van der Waals surface area contributed by atoms with Crippen LogP contribution in [-0.4, -0.2) is 62.6 Å². The molecular formula is C21H34N2O4Si. The molecule has 2 aliphatic rings. The topological polar surface area (TPSA) is 82.0 Å². The minimum atomic E-state index is -2.35. The summed E-state index contributed by atoms with van der Waals surface area (Å²) in [5.41, 5.74) is 2.34. The molecule has 4 atom stereocenters. The van der Waals surface area contributed by atoms with Crippen LogP contribution in [0.4, 0.5) is 5.69 Å². The summed E-state index contributed by atoms with van der Waals surface area (Å²) in [4.78, 5) is 24.6. The molecule has 3 rings (SSSR count). The molecule has 0 radical (unpaired) electrons. The highest BCUT2D eigenvalue weighted by molar-refractivity contribution is 6.71. The zero-order valence-electron chi connectivity index (χ0n) is 17.2. The maximum atomic E-state index is 12.0. The smallest absolute Gasteiger partial charge is 0.240 e. The van der Waals surface area contributed by atoms with Crippen molar-refractivity contribution in [3.63, 3.8) is 0 Å². The lowest BCUT2D eigenvalue weighted by molar-refractivity contribution is -0.118. The van der Waals surface area contributed by atoms with Crippen molar-refractivity contribution in [1.29, 1.82) is 0 Å². The van der Waals surface area contributed by atoms with Crippen LogP contribution >= 0.6 is 0 Å². The second-order valence-electron chi connectivity index (χ2n) is 8.69. The second kappa shape index (κ2) is 9.05. The van der Waals surface area contributed by atoms with Gasteiger partial charge in [-0.15, -0.1) is 0 Å². The third kappa shape index (κ3) is 4.83. The number of carbonyl (C=O) groups excluding carboxylic acids is 1. The molecule has 6 nitrogen and oxygen atoms in total. The minimum Gasteiger partial charge on any atom is -0.432 e. The van der Waals surface area contributed by atoms with Crippen LogP contribution in [0.5, 0.6) is 0 Å². The van der Waals surface area contributed by atoms with Crippen LogP contribution < -0.4 is 10.2 Å². The monoisotopic (exact) mass is 406 g/mol. The van der Waals surface area contributed by atoms with Crippen LogP contribution in [0.1, 0.15) is 25.3 Å². The fourth-order valence-electron chi connectivity index (χ4n) is 4.84. The highest BCUT2D eigenvalue weighted by Crippen LogP contribution is 2.45. The lowest BCUT2D eigenvalue weighted by atomic mass is 9.95. The molecule has 7 heteroatoms. The van der Waals surface area contributed by atoms with E-state index in [1.54, 1.807) is 0 Å². The molecule has 0 bridgehead atoms. The molecule has 0 spiro atoms. The minimum absolute atomic E-state index is 0.0437. The zero-order chi connectivity index (χ0) is 20.3. The quantitative estimate of drug-likeness (QED) is 0.603. The largest absolute Gasteiger partial charge is 0.432 e. The molecule has 1 amide bonds. The number of aryl methyl sites for hydroxylation is 1. The first-order valence-corrected chi connectivity index (χ1v) is 13.4. The molecule has 1 aromatic rings. The van der Waals surface area contributed by atoms with E-state index in [-0.39, 0.29) is 30.3 Å². The molecule has 156 valence electrons. The molecule has 2 heterocycles. The number of anilines is 1. The molecular weight excluding hydrogens is 372 g/mol. The van der Waals surface area contributed by atoms with Crippen molar-refractivity contribution in [2.24, 2.45) is 5.92 Å². The summed E-state index contributed by atoms with van der Waals surface area (Å²) in [6.07, 6.45) is 2.45. The Morgan fingerprint density at radius 2 is 1.93 bits per heavy atom.